The summed E-state index contributed by atoms with van der Waals surface area (Å²) in [6.45, 7) is 4.68. The summed E-state index contributed by atoms with van der Waals surface area (Å²) >= 11 is 0. The minimum absolute atomic E-state index is 0. The smallest absolute Gasteiger partial charge is 0.480 e. The molecule has 0 aromatic rings. The molecule has 0 rings (SSSR count). The fraction of sp³-hybridized carbons (Fsp3) is 0.750. The quantitative estimate of drug-likeness (QED) is 0.368. The first-order valence-corrected chi connectivity index (χ1v) is 6.19. The van der Waals surface area contributed by atoms with Gasteiger partial charge in [0, 0.05) is 0 Å². The molecule has 0 aromatic heterocycles. The van der Waals surface area contributed by atoms with E-state index in [0.717, 1.165) is 0 Å². The Morgan fingerprint density at radius 3 is 2.06 bits per heavy atom. The molecule has 0 heterocycles. The Morgan fingerprint density at radius 2 is 1.78 bits per heavy atom. The topological polar surface area (TPSA) is 130 Å². The van der Waals surface area contributed by atoms with E-state index in [1.807, 2.05) is 5.32 Å². The maximum atomic E-state index is 11.2. The minimum atomic E-state index is -4.51. The predicted molar refractivity (Wildman–Crippen MR) is 57.2 cm³/mol. The number of ether oxygens (including phenoxy) is 1. The van der Waals surface area contributed by atoms with Gasteiger partial charge in [-0.15, -0.1) is 0 Å². The third-order valence-corrected chi connectivity index (χ3v) is 2.12. The van der Waals surface area contributed by atoms with Crippen LogP contribution in [0.3, 0.4) is 0 Å². The maximum absolute atomic E-state index is 11.2. The van der Waals surface area contributed by atoms with Crippen molar-refractivity contribution in [2.75, 3.05) is 5.75 Å². The summed E-state index contributed by atoms with van der Waals surface area (Å²) in [6.07, 6.45) is -1.08. The van der Waals surface area contributed by atoms with Gasteiger partial charge in [0.15, 0.2) is 0 Å². The number of carboxylic acids is 1. The van der Waals surface area contributed by atoms with E-state index >= 15 is 0 Å². The number of hydrogen-bond acceptors (Lipinski definition) is 5. The molecule has 0 saturated heterocycles. The molecule has 1 unspecified atom stereocenters. The molecule has 1 amide bonds. The van der Waals surface area contributed by atoms with Crippen molar-refractivity contribution in [2.24, 2.45) is 0 Å². The minimum Gasteiger partial charge on any atom is -0.480 e. The molecule has 1 atom stereocenters. The average molecular weight is 292 g/mol. The second kappa shape index (κ2) is 7.29. The van der Waals surface area contributed by atoms with Crippen molar-refractivity contribution in [3.05, 3.63) is 0 Å². The van der Waals surface area contributed by atoms with Crippen LogP contribution in [0.1, 0.15) is 20.8 Å². The Hall–Kier alpha value is -0.350. The summed E-state index contributed by atoms with van der Waals surface area (Å²) in [5, 5.41) is 10.5. The zero-order chi connectivity index (χ0) is 13.9. The molecule has 10 heteroatoms. The number of carbonyl (C=O) groups excluding carboxylic acids is 1. The van der Waals surface area contributed by atoms with Gasteiger partial charge in [0.05, 0.1) is 0 Å². The van der Waals surface area contributed by atoms with E-state index in [2.05, 4.69) is 0 Å². The Balaban J connectivity index is 0. The van der Waals surface area contributed by atoms with Gasteiger partial charge in [0.25, 0.3) is 10.1 Å². The van der Waals surface area contributed by atoms with Gasteiger partial charge in [-0.05, 0) is 20.8 Å². The van der Waals surface area contributed by atoms with E-state index in [0.29, 0.717) is 0 Å². The molecule has 8 nitrogen and oxygen atoms in total. The van der Waals surface area contributed by atoms with Gasteiger partial charge in [-0.1, -0.05) is 0 Å². The number of nitrogens with one attached hydrogen (secondary N) is 1. The molecular formula is C8H15NNaO7S+. The van der Waals surface area contributed by atoms with E-state index in [4.69, 9.17) is 14.4 Å². The molecule has 0 aliphatic rings. The van der Waals surface area contributed by atoms with Crippen molar-refractivity contribution in [3.63, 3.8) is 0 Å². The molecule has 0 bridgehead atoms. The van der Waals surface area contributed by atoms with Crippen molar-refractivity contribution >= 4 is 22.2 Å². The van der Waals surface area contributed by atoms with Crippen LogP contribution in [0.15, 0.2) is 0 Å². The second-order valence-corrected chi connectivity index (χ2v) is 5.78. The summed E-state index contributed by atoms with van der Waals surface area (Å²) < 4.78 is 34.3. The molecule has 0 aliphatic carbocycles. The number of amides is 1. The van der Waals surface area contributed by atoms with Crippen molar-refractivity contribution in [2.45, 2.75) is 32.4 Å². The number of carboxylic acid groups (broad SMARTS) is 1. The van der Waals surface area contributed by atoms with Gasteiger partial charge >= 0.3 is 41.6 Å². The van der Waals surface area contributed by atoms with E-state index in [1.165, 1.54) is 0 Å². The van der Waals surface area contributed by atoms with E-state index < -0.39 is 39.6 Å². The van der Waals surface area contributed by atoms with Crippen LogP contribution in [0.2, 0.25) is 0 Å². The molecule has 0 fully saturated rings. The molecule has 18 heavy (non-hydrogen) atoms. The first kappa shape index (κ1) is 20.0. The monoisotopic (exact) mass is 292 g/mol. The molecule has 0 spiro atoms. The van der Waals surface area contributed by atoms with E-state index in [1.54, 1.807) is 20.8 Å². The summed E-state index contributed by atoms with van der Waals surface area (Å²) in [5.74, 6) is -2.71. The fourth-order valence-electron chi connectivity index (χ4n) is 0.835. The van der Waals surface area contributed by atoms with Crippen LogP contribution < -0.4 is 34.9 Å². The first-order valence-electron chi connectivity index (χ1n) is 4.58. The Bertz CT molecular complexity index is 400. The van der Waals surface area contributed by atoms with Crippen molar-refractivity contribution in [3.8, 4) is 0 Å². The summed E-state index contributed by atoms with van der Waals surface area (Å²) in [7, 11) is -4.51. The Kier molecular flexibility index (Phi) is 8.09. The normalized spacial score (nSPS) is 13.1. The molecule has 3 N–H and O–H groups in total. The Labute approximate surface area is 127 Å². The van der Waals surface area contributed by atoms with Gasteiger partial charge in [-0.2, -0.15) is 8.42 Å². The van der Waals surface area contributed by atoms with Crippen LogP contribution in [0.4, 0.5) is 4.79 Å². The molecular weight excluding hydrogens is 277 g/mol. The third-order valence-electron chi connectivity index (χ3n) is 1.37. The van der Waals surface area contributed by atoms with E-state index in [-0.39, 0.29) is 29.6 Å². The number of carbonyl (C=O) groups is 2. The summed E-state index contributed by atoms with van der Waals surface area (Å²) in [4.78, 5) is 21.8. The second-order valence-electron chi connectivity index (χ2n) is 4.29. The molecule has 100 valence electrons. The molecule has 0 aromatic carbocycles. The average Bonchev–Trinajstić information content (AvgIpc) is 1.95. The maximum Gasteiger partial charge on any atom is 1.00 e. The van der Waals surface area contributed by atoms with Crippen LogP contribution in [-0.4, -0.2) is 47.5 Å². The van der Waals surface area contributed by atoms with Gasteiger partial charge < -0.3 is 15.2 Å². The number of rotatable bonds is 4. The zero-order valence-electron chi connectivity index (χ0n) is 10.6. The van der Waals surface area contributed by atoms with E-state index in [9.17, 15) is 18.0 Å². The Morgan fingerprint density at radius 1 is 1.33 bits per heavy atom. The van der Waals surface area contributed by atoms with Gasteiger partial charge in [0.2, 0.25) is 0 Å². The first-order chi connectivity index (χ1) is 7.41. The van der Waals surface area contributed by atoms with Crippen LogP contribution >= 0.6 is 0 Å². The van der Waals surface area contributed by atoms with Crippen LogP contribution in [0.5, 0.6) is 0 Å². The molecule has 0 saturated carbocycles. The standard InChI is InChI=1S/C8H15NO7S.Na/c1-8(2,3)16-7(12)9-5(6(10)11)4-17(13,14)15;/h5H,4H2,1-3H3,(H,9,12)(H,10,11)(H,13,14,15);/q;+1. The van der Waals surface area contributed by atoms with Crippen molar-refractivity contribution in [1.29, 1.82) is 0 Å². The zero-order valence-corrected chi connectivity index (χ0v) is 13.4. The SMILES string of the molecule is CC(C)(C)OC(=O)NC(CS(=O)(=O)O)C(=O)O.[Na+]. The van der Waals surface area contributed by atoms with Crippen LogP contribution in [0, 0.1) is 0 Å². The van der Waals surface area contributed by atoms with Crippen molar-refractivity contribution in [1.82, 2.24) is 5.32 Å². The molecule has 0 aliphatic heterocycles. The third kappa shape index (κ3) is 10.8. The molecule has 0 radical (unpaired) electrons. The fourth-order valence-corrected chi connectivity index (χ4v) is 1.48. The van der Waals surface area contributed by atoms with Gasteiger partial charge in [0.1, 0.15) is 17.4 Å². The van der Waals surface area contributed by atoms with Crippen LogP contribution in [-0.2, 0) is 19.6 Å². The predicted octanol–water partition coefficient (Wildman–Crippen LogP) is -3.14. The number of alkyl carbamates (subject to hydrolysis) is 1. The number of aliphatic carboxylic acids is 1. The summed E-state index contributed by atoms with van der Waals surface area (Å²) in [6, 6.07) is -1.76. The van der Waals surface area contributed by atoms with Crippen LogP contribution in [0.25, 0.3) is 0 Å². The van der Waals surface area contributed by atoms with Crippen molar-refractivity contribution < 1.29 is 62.0 Å². The van der Waals surface area contributed by atoms with Gasteiger partial charge in [-0.3, -0.25) is 4.55 Å². The van der Waals surface area contributed by atoms with Gasteiger partial charge in [-0.25, -0.2) is 9.59 Å². The summed E-state index contributed by atoms with van der Waals surface area (Å²) in [5.41, 5.74) is -0.842. The largest absolute Gasteiger partial charge is 1.00 e. The number of hydrogen-bond donors (Lipinski definition) is 3.